The van der Waals surface area contributed by atoms with E-state index in [1.807, 2.05) is 6.92 Å². The molecular formula is C19H22N2O6. The molecule has 1 heterocycles. The van der Waals surface area contributed by atoms with Crippen molar-refractivity contribution in [3.8, 4) is 0 Å². The minimum Gasteiger partial charge on any atom is -0.478 e. The summed E-state index contributed by atoms with van der Waals surface area (Å²) in [5, 5.41) is 30.7. The van der Waals surface area contributed by atoms with Crippen LogP contribution in [0.1, 0.15) is 45.1 Å². The van der Waals surface area contributed by atoms with Crippen LogP contribution in [0.25, 0.3) is 0 Å². The number of allylic oxidation sites excluding steroid dienone is 2. The molecule has 0 saturated heterocycles. The normalized spacial score (nSPS) is 15.3. The van der Waals surface area contributed by atoms with Crippen LogP contribution in [0, 0.1) is 10.1 Å². The number of non-ortho nitro benzene ring substituents is 1. The highest BCUT2D eigenvalue weighted by atomic mass is 16.6. The number of rotatable bonds is 7. The number of nitrogens with zero attached hydrogens (tertiary/aromatic N) is 2. The Morgan fingerprint density at radius 2 is 1.70 bits per heavy atom. The summed E-state index contributed by atoms with van der Waals surface area (Å²) in [5.41, 5.74) is 0.813. The van der Waals surface area contributed by atoms with E-state index in [0.29, 0.717) is 17.9 Å². The average Bonchev–Trinajstić information content (AvgIpc) is 2.60. The van der Waals surface area contributed by atoms with Crippen LogP contribution < -0.4 is 0 Å². The van der Waals surface area contributed by atoms with Gasteiger partial charge in [0.05, 0.1) is 22.0 Å². The van der Waals surface area contributed by atoms with Gasteiger partial charge in [0, 0.05) is 30.1 Å². The second-order valence-corrected chi connectivity index (χ2v) is 6.40. The molecule has 0 amide bonds. The van der Waals surface area contributed by atoms with E-state index < -0.39 is 22.8 Å². The SMILES string of the molecule is CCCCN1C(C)=C(C(=O)O)C(c2cccc([N+](=O)[O-])c2)C(C(=O)O)=C1C. The van der Waals surface area contributed by atoms with Crippen LogP contribution in [0.2, 0.25) is 0 Å². The zero-order valence-corrected chi connectivity index (χ0v) is 15.4. The van der Waals surface area contributed by atoms with Crippen molar-refractivity contribution in [3.05, 3.63) is 62.5 Å². The zero-order chi connectivity index (χ0) is 20.3. The van der Waals surface area contributed by atoms with E-state index in [1.54, 1.807) is 18.7 Å². The van der Waals surface area contributed by atoms with Crippen molar-refractivity contribution >= 4 is 17.6 Å². The van der Waals surface area contributed by atoms with Crippen molar-refractivity contribution in [2.75, 3.05) is 6.54 Å². The predicted octanol–water partition coefficient (Wildman–Crippen LogP) is 3.51. The van der Waals surface area contributed by atoms with Gasteiger partial charge in [0.2, 0.25) is 0 Å². The largest absolute Gasteiger partial charge is 0.478 e. The van der Waals surface area contributed by atoms with Crippen LogP contribution >= 0.6 is 0 Å². The lowest BCUT2D eigenvalue weighted by Gasteiger charge is -2.37. The molecule has 0 aliphatic carbocycles. The summed E-state index contributed by atoms with van der Waals surface area (Å²) >= 11 is 0. The number of aliphatic carboxylic acids is 2. The molecule has 2 rings (SSSR count). The van der Waals surface area contributed by atoms with Gasteiger partial charge in [-0.15, -0.1) is 0 Å². The summed E-state index contributed by atoms with van der Waals surface area (Å²) in [7, 11) is 0. The number of carboxylic acids is 2. The summed E-state index contributed by atoms with van der Waals surface area (Å²) in [4.78, 5) is 36.3. The minimum absolute atomic E-state index is 0.0744. The number of unbranched alkanes of at least 4 members (excludes halogenated alkanes) is 1. The van der Waals surface area contributed by atoms with Gasteiger partial charge in [-0.1, -0.05) is 25.5 Å². The molecular weight excluding hydrogens is 352 g/mol. The van der Waals surface area contributed by atoms with Crippen molar-refractivity contribution in [3.63, 3.8) is 0 Å². The van der Waals surface area contributed by atoms with E-state index in [9.17, 15) is 29.9 Å². The third kappa shape index (κ3) is 3.84. The number of hydrogen-bond acceptors (Lipinski definition) is 5. The molecule has 1 aliphatic heterocycles. The first kappa shape index (κ1) is 20.2. The van der Waals surface area contributed by atoms with E-state index in [0.717, 1.165) is 12.8 Å². The molecule has 0 saturated carbocycles. The smallest absolute Gasteiger partial charge is 0.334 e. The molecule has 144 valence electrons. The molecule has 0 fully saturated rings. The fraction of sp³-hybridized carbons (Fsp3) is 0.368. The monoisotopic (exact) mass is 374 g/mol. The second-order valence-electron chi connectivity index (χ2n) is 6.40. The molecule has 2 N–H and O–H groups in total. The standard InChI is InChI=1S/C19H22N2O6/c1-4-5-9-20-11(2)15(18(22)23)17(16(12(20)3)19(24)25)13-7-6-8-14(10-13)21(26)27/h6-8,10,17H,4-5,9H2,1-3H3,(H,22,23)(H,24,25). The molecule has 1 aromatic carbocycles. The Bertz CT molecular complexity index is 818. The Labute approximate surface area is 156 Å². The van der Waals surface area contributed by atoms with Crippen LogP contribution in [-0.2, 0) is 9.59 Å². The molecule has 1 aromatic rings. The van der Waals surface area contributed by atoms with E-state index >= 15 is 0 Å². The maximum Gasteiger partial charge on any atom is 0.334 e. The fourth-order valence-corrected chi connectivity index (χ4v) is 3.46. The van der Waals surface area contributed by atoms with E-state index in [4.69, 9.17) is 0 Å². The zero-order valence-electron chi connectivity index (χ0n) is 15.4. The lowest BCUT2D eigenvalue weighted by molar-refractivity contribution is -0.384. The van der Waals surface area contributed by atoms with Crippen LogP contribution in [-0.4, -0.2) is 38.5 Å². The van der Waals surface area contributed by atoms with Gasteiger partial charge >= 0.3 is 11.9 Å². The van der Waals surface area contributed by atoms with Crippen molar-refractivity contribution in [1.82, 2.24) is 4.90 Å². The van der Waals surface area contributed by atoms with Gasteiger partial charge in [-0.3, -0.25) is 10.1 Å². The number of nitro groups is 1. The molecule has 8 nitrogen and oxygen atoms in total. The van der Waals surface area contributed by atoms with Crippen molar-refractivity contribution in [2.24, 2.45) is 0 Å². The predicted molar refractivity (Wildman–Crippen MR) is 98.1 cm³/mol. The van der Waals surface area contributed by atoms with Crippen LogP contribution in [0.15, 0.2) is 46.8 Å². The van der Waals surface area contributed by atoms with Gasteiger partial charge in [-0.05, 0) is 25.8 Å². The number of nitro benzene ring substituents is 1. The Kier molecular flexibility index (Phi) is 5.99. The molecule has 1 aliphatic rings. The molecule has 0 bridgehead atoms. The van der Waals surface area contributed by atoms with Gasteiger partial charge in [0.1, 0.15) is 0 Å². The Balaban J connectivity index is 2.73. The van der Waals surface area contributed by atoms with Gasteiger partial charge in [0.15, 0.2) is 0 Å². The molecule has 0 aromatic heterocycles. The summed E-state index contributed by atoms with van der Waals surface area (Å²) in [6.07, 6.45) is 1.64. The highest BCUT2D eigenvalue weighted by Crippen LogP contribution is 2.42. The van der Waals surface area contributed by atoms with Gasteiger partial charge in [0.25, 0.3) is 5.69 Å². The Hall–Kier alpha value is -3.16. The maximum atomic E-state index is 12.0. The third-order valence-electron chi connectivity index (χ3n) is 4.78. The van der Waals surface area contributed by atoms with Crippen LogP contribution in [0.5, 0.6) is 0 Å². The van der Waals surface area contributed by atoms with E-state index in [1.165, 1.54) is 24.3 Å². The molecule has 27 heavy (non-hydrogen) atoms. The van der Waals surface area contributed by atoms with Crippen LogP contribution in [0.3, 0.4) is 0 Å². The number of carboxylic acid groups (broad SMARTS) is 2. The molecule has 8 heteroatoms. The minimum atomic E-state index is -1.24. The first-order valence-electron chi connectivity index (χ1n) is 8.60. The molecule has 0 atom stereocenters. The van der Waals surface area contributed by atoms with Crippen LogP contribution in [0.4, 0.5) is 5.69 Å². The topological polar surface area (TPSA) is 121 Å². The number of benzene rings is 1. The first-order valence-corrected chi connectivity index (χ1v) is 8.60. The Morgan fingerprint density at radius 1 is 1.15 bits per heavy atom. The van der Waals surface area contributed by atoms with Gasteiger partial charge in [-0.25, -0.2) is 9.59 Å². The molecule has 0 unspecified atom stereocenters. The lowest BCUT2D eigenvalue weighted by atomic mass is 9.79. The molecule has 0 radical (unpaired) electrons. The highest BCUT2D eigenvalue weighted by molar-refractivity contribution is 5.98. The summed E-state index contributed by atoms with van der Waals surface area (Å²) in [6, 6.07) is 5.47. The van der Waals surface area contributed by atoms with Gasteiger partial charge in [-0.2, -0.15) is 0 Å². The lowest BCUT2D eigenvalue weighted by Crippen LogP contribution is -2.34. The fourth-order valence-electron chi connectivity index (χ4n) is 3.46. The quantitative estimate of drug-likeness (QED) is 0.553. The molecule has 0 spiro atoms. The number of carbonyl (C=O) groups is 2. The van der Waals surface area contributed by atoms with E-state index in [-0.39, 0.29) is 22.4 Å². The second kappa shape index (κ2) is 8.03. The average molecular weight is 374 g/mol. The van der Waals surface area contributed by atoms with Crippen molar-refractivity contribution < 1.29 is 24.7 Å². The van der Waals surface area contributed by atoms with E-state index in [2.05, 4.69) is 0 Å². The summed E-state index contributed by atoms with van der Waals surface area (Å²) in [6.45, 7) is 5.78. The highest BCUT2D eigenvalue weighted by Gasteiger charge is 2.39. The summed E-state index contributed by atoms with van der Waals surface area (Å²) < 4.78 is 0. The third-order valence-corrected chi connectivity index (χ3v) is 4.78. The van der Waals surface area contributed by atoms with Crippen molar-refractivity contribution in [1.29, 1.82) is 0 Å². The number of hydrogen-bond donors (Lipinski definition) is 2. The first-order chi connectivity index (χ1) is 12.7. The van der Waals surface area contributed by atoms with Crippen molar-refractivity contribution in [2.45, 2.75) is 39.5 Å². The Morgan fingerprint density at radius 3 is 2.15 bits per heavy atom. The van der Waals surface area contributed by atoms with Gasteiger partial charge < -0.3 is 15.1 Å². The maximum absolute atomic E-state index is 12.0. The summed E-state index contributed by atoms with van der Waals surface area (Å²) in [5.74, 6) is -3.56.